The van der Waals surface area contributed by atoms with Crippen LogP contribution in [0.1, 0.15) is 23.7 Å². The molecule has 9 heteroatoms. The van der Waals surface area contributed by atoms with Crippen molar-refractivity contribution in [2.45, 2.75) is 19.4 Å². The van der Waals surface area contributed by atoms with Gasteiger partial charge in [-0.2, -0.15) is 0 Å². The smallest absolute Gasteiger partial charge is 0.343 e. The van der Waals surface area contributed by atoms with E-state index < -0.39 is 23.0 Å². The summed E-state index contributed by atoms with van der Waals surface area (Å²) in [7, 11) is 0. The third-order valence-electron chi connectivity index (χ3n) is 6.61. The summed E-state index contributed by atoms with van der Waals surface area (Å²) < 4.78 is 34.7. The number of fused-ring (bicyclic) bond motifs is 2. The van der Waals surface area contributed by atoms with Crippen molar-refractivity contribution in [3.63, 3.8) is 0 Å². The van der Waals surface area contributed by atoms with Gasteiger partial charge in [0.15, 0.2) is 5.65 Å². The average molecular weight is 466 g/mol. The Labute approximate surface area is 194 Å². The molecule has 1 aliphatic heterocycles. The highest BCUT2D eigenvalue weighted by molar-refractivity contribution is 5.93. The van der Waals surface area contributed by atoms with Crippen molar-refractivity contribution in [2.75, 3.05) is 24.6 Å². The Morgan fingerprint density at radius 1 is 1.24 bits per heavy atom. The van der Waals surface area contributed by atoms with Gasteiger partial charge in [0.2, 0.25) is 5.43 Å². The number of carbonyl (C=O) groups is 1. The van der Waals surface area contributed by atoms with Crippen molar-refractivity contribution in [1.29, 1.82) is 0 Å². The average Bonchev–Trinajstić information content (AvgIpc) is 3.26. The molecule has 2 N–H and O–H groups in total. The van der Waals surface area contributed by atoms with Crippen molar-refractivity contribution in [3.05, 3.63) is 76.1 Å². The van der Waals surface area contributed by atoms with Gasteiger partial charge in [0.1, 0.15) is 23.0 Å². The first-order chi connectivity index (χ1) is 16.4. The molecule has 1 aromatic carbocycles. The van der Waals surface area contributed by atoms with Crippen LogP contribution in [-0.2, 0) is 4.74 Å². The van der Waals surface area contributed by atoms with Crippen LogP contribution in [0.15, 0.2) is 53.5 Å². The minimum Gasteiger partial charge on any atom is -0.462 e. The molecule has 34 heavy (non-hydrogen) atoms. The lowest BCUT2D eigenvalue weighted by Crippen LogP contribution is -2.35. The number of nitrogens with two attached hydrogens (primary N) is 1. The zero-order valence-corrected chi connectivity index (χ0v) is 18.6. The molecule has 7 nitrogen and oxygen atoms in total. The molecule has 1 saturated heterocycles. The Morgan fingerprint density at radius 2 is 2.06 bits per heavy atom. The van der Waals surface area contributed by atoms with E-state index in [0.717, 1.165) is 25.1 Å². The molecule has 0 amide bonds. The number of hydrogen-bond acceptors (Lipinski definition) is 6. The number of nitrogens with zero attached hydrogens (tertiary/aromatic N) is 3. The van der Waals surface area contributed by atoms with Crippen molar-refractivity contribution in [2.24, 2.45) is 17.6 Å². The van der Waals surface area contributed by atoms with Gasteiger partial charge in [-0.15, -0.1) is 0 Å². The van der Waals surface area contributed by atoms with E-state index >= 15 is 0 Å². The zero-order valence-electron chi connectivity index (χ0n) is 18.6. The first-order valence-corrected chi connectivity index (χ1v) is 11.2. The fourth-order valence-electron chi connectivity index (χ4n) is 4.91. The standard InChI is InChI=1S/C25H24F2N4O3/c1-2-34-25(33)18-13-31(21-8-6-15(26)10-19(21)27)24-16(23(18)32)7-9-22(29-24)30-11-14-4-3-5-20(28)17(14)12-30/h3,5-10,13-14,17,20H,2,4,11-12,28H2,1H3. The second-order valence-corrected chi connectivity index (χ2v) is 8.67. The first kappa shape index (κ1) is 22.2. The number of rotatable bonds is 4. The molecule has 3 aromatic rings. The van der Waals surface area contributed by atoms with Crippen molar-refractivity contribution in [3.8, 4) is 5.69 Å². The summed E-state index contributed by atoms with van der Waals surface area (Å²) >= 11 is 0. The molecule has 2 aromatic heterocycles. The van der Waals surface area contributed by atoms with Crippen LogP contribution < -0.4 is 16.1 Å². The van der Waals surface area contributed by atoms with Crippen molar-refractivity contribution in [1.82, 2.24) is 9.55 Å². The zero-order chi connectivity index (χ0) is 24.0. The molecular formula is C25H24F2N4O3. The van der Waals surface area contributed by atoms with Gasteiger partial charge >= 0.3 is 5.97 Å². The van der Waals surface area contributed by atoms with Gasteiger partial charge < -0.3 is 15.4 Å². The third-order valence-corrected chi connectivity index (χ3v) is 6.61. The first-order valence-electron chi connectivity index (χ1n) is 11.2. The van der Waals surface area contributed by atoms with Crippen LogP contribution in [0.2, 0.25) is 0 Å². The maximum atomic E-state index is 14.8. The van der Waals surface area contributed by atoms with Crippen LogP contribution in [0, 0.1) is 23.5 Å². The number of allylic oxidation sites excluding steroid dienone is 1. The Hall–Kier alpha value is -3.59. The van der Waals surface area contributed by atoms with Crippen LogP contribution in [0.4, 0.5) is 14.6 Å². The second-order valence-electron chi connectivity index (χ2n) is 8.67. The number of ether oxygens (including phenoxy) is 1. The number of aromatic nitrogens is 2. The fourth-order valence-corrected chi connectivity index (χ4v) is 4.91. The summed E-state index contributed by atoms with van der Waals surface area (Å²) in [5.74, 6) is -1.09. The monoisotopic (exact) mass is 466 g/mol. The molecule has 3 unspecified atom stereocenters. The number of carbonyl (C=O) groups excluding carboxylic acids is 1. The Bertz CT molecular complexity index is 1370. The Kier molecular flexibility index (Phi) is 5.65. The predicted molar refractivity (Wildman–Crippen MR) is 124 cm³/mol. The molecule has 0 saturated carbocycles. The molecule has 5 rings (SSSR count). The maximum Gasteiger partial charge on any atom is 0.343 e. The summed E-state index contributed by atoms with van der Waals surface area (Å²) in [6.07, 6.45) is 6.29. The van der Waals surface area contributed by atoms with Gasteiger partial charge in [0.05, 0.1) is 17.7 Å². The van der Waals surface area contributed by atoms with Crippen LogP contribution in [-0.4, -0.2) is 41.3 Å². The SMILES string of the molecule is CCOC(=O)c1cn(-c2ccc(F)cc2F)c2nc(N3CC4CC=CC(N)C4C3)ccc2c1=O. The molecule has 2 aliphatic rings. The van der Waals surface area contributed by atoms with Crippen LogP contribution in [0.3, 0.4) is 0 Å². The van der Waals surface area contributed by atoms with Gasteiger partial charge in [-0.3, -0.25) is 9.36 Å². The molecule has 1 fully saturated rings. The van der Waals surface area contributed by atoms with Gasteiger partial charge in [-0.1, -0.05) is 12.2 Å². The van der Waals surface area contributed by atoms with Crippen molar-refractivity contribution >= 4 is 22.8 Å². The molecule has 3 heterocycles. The number of benzene rings is 1. The number of esters is 1. The third kappa shape index (κ3) is 3.75. The lowest BCUT2D eigenvalue weighted by molar-refractivity contribution is 0.0524. The lowest BCUT2D eigenvalue weighted by Gasteiger charge is -2.25. The minimum absolute atomic E-state index is 0.0252. The maximum absolute atomic E-state index is 14.8. The molecule has 0 radical (unpaired) electrons. The highest BCUT2D eigenvalue weighted by Gasteiger charge is 2.37. The molecule has 0 spiro atoms. The summed E-state index contributed by atoms with van der Waals surface area (Å²) in [4.78, 5) is 32.4. The topological polar surface area (TPSA) is 90.5 Å². The largest absolute Gasteiger partial charge is 0.462 e. The Balaban J connectivity index is 1.66. The van der Waals surface area contributed by atoms with Crippen LogP contribution >= 0.6 is 0 Å². The van der Waals surface area contributed by atoms with Gasteiger partial charge in [0.25, 0.3) is 0 Å². The number of halogens is 2. The number of hydrogen-bond donors (Lipinski definition) is 1. The molecule has 1 aliphatic carbocycles. The van der Waals surface area contributed by atoms with E-state index in [-0.39, 0.29) is 34.9 Å². The molecule has 3 atom stereocenters. The van der Waals surface area contributed by atoms with Crippen LogP contribution in [0.25, 0.3) is 16.7 Å². The van der Waals surface area contributed by atoms with E-state index in [1.165, 1.54) is 16.8 Å². The lowest BCUT2D eigenvalue weighted by atomic mass is 9.83. The highest BCUT2D eigenvalue weighted by atomic mass is 19.1. The molecular weight excluding hydrogens is 442 g/mol. The van der Waals surface area contributed by atoms with Gasteiger partial charge in [-0.05, 0) is 49.4 Å². The number of anilines is 1. The van der Waals surface area contributed by atoms with E-state index in [1.54, 1.807) is 19.1 Å². The summed E-state index contributed by atoms with van der Waals surface area (Å²) in [5, 5.41) is 0.132. The van der Waals surface area contributed by atoms with Gasteiger partial charge in [-0.25, -0.2) is 18.6 Å². The van der Waals surface area contributed by atoms with E-state index in [0.29, 0.717) is 24.2 Å². The summed E-state index contributed by atoms with van der Waals surface area (Å²) in [6, 6.07) is 6.37. The Morgan fingerprint density at radius 3 is 2.79 bits per heavy atom. The molecule has 0 bridgehead atoms. The summed E-state index contributed by atoms with van der Waals surface area (Å²) in [5.41, 5.74) is 5.58. The number of pyridine rings is 2. The van der Waals surface area contributed by atoms with Gasteiger partial charge in [0, 0.05) is 31.4 Å². The summed E-state index contributed by atoms with van der Waals surface area (Å²) in [6.45, 7) is 3.18. The van der Waals surface area contributed by atoms with E-state index in [2.05, 4.69) is 11.0 Å². The van der Waals surface area contributed by atoms with Crippen LogP contribution in [0.5, 0.6) is 0 Å². The second kappa shape index (κ2) is 8.64. The van der Waals surface area contributed by atoms with E-state index in [4.69, 9.17) is 15.5 Å². The minimum atomic E-state index is -0.851. The van der Waals surface area contributed by atoms with E-state index in [1.807, 2.05) is 6.08 Å². The van der Waals surface area contributed by atoms with Crippen molar-refractivity contribution < 1.29 is 18.3 Å². The fraction of sp³-hybridized carbons (Fsp3) is 0.320. The normalized spacial score (nSPS) is 21.6. The highest BCUT2D eigenvalue weighted by Crippen LogP contribution is 2.35. The quantitative estimate of drug-likeness (QED) is 0.469. The predicted octanol–water partition coefficient (Wildman–Crippen LogP) is 3.18. The van der Waals surface area contributed by atoms with E-state index in [9.17, 15) is 18.4 Å². The molecule has 176 valence electrons.